The molecule has 4 atom stereocenters. The van der Waals surface area contributed by atoms with Crippen molar-refractivity contribution in [1.29, 1.82) is 0 Å². The Morgan fingerprint density at radius 3 is 2.75 bits per heavy atom. The fraction of sp³-hybridized carbons (Fsp3) is 1.00. The fourth-order valence-electron chi connectivity index (χ4n) is 3.85. The van der Waals surface area contributed by atoms with Gasteiger partial charge < -0.3 is 20.5 Å². The van der Waals surface area contributed by atoms with Gasteiger partial charge in [-0.3, -0.25) is 0 Å². The van der Waals surface area contributed by atoms with Crippen LogP contribution in [0.2, 0.25) is 0 Å². The Kier molecular flexibility index (Phi) is 7.28. The van der Waals surface area contributed by atoms with Crippen molar-refractivity contribution in [1.82, 2.24) is 10.6 Å². The molecule has 1 aliphatic carbocycles. The first-order valence-electron chi connectivity index (χ1n) is 8.45. The molecule has 2 rings (SSSR count). The van der Waals surface area contributed by atoms with Gasteiger partial charge in [-0.05, 0) is 51.1 Å². The molecule has 0 amide bonds. The number of methoxy groups -OCH3 is 1. The van der Waals surface area contributed by atoms with Crippen LogP contribution in [-0.2, 0) is 4.74 Å². The minimum atomic E-state index is -0.331. The number of aliphatic hydroxyl groups excluding tert-OH is 1. The summed E-state index contributed by atoms with van der Waals surface area (Å²) in [5.41, 5.74) is 0. The zero-order valence-electron chi connectivity index (χ0n) is 12.9. The minimum absolute atomic E-state index is 0.331. The lowest BCUT2D eigenvalue weighted by molar-refractivity contribution is 0.0576. The van der Waals surface area contributed by atoms with E-state index < -0.39 is 0 Å². The van der Waals surface area contributed by atoms with Gasteiger partial charge >= 0.3 is 0 Å². The molecule has 118 valence electrons. The van der Waals surface area contributed by atoms with Crippen LogP contribution in [0.5, 0.6) is 0 Å². The molecule has 1 heterocycles. The van der Waals surface area contributed by atoms with E-state index in [1.807, 2.05) is 0 Å². The standard InChI is InChI=1S/C16H32N2O2/c1-20-12-13(19)9-11-18-16-7-3-2-6-14(16)15-8-4-5-10-17-15/h13-19H,2-12H2,1H3. The van der Waals surface area contributed by atoms with Crippen LogP contribution in [0, 0.1) is 5.92 Å². The Balaban J connectivity index is 1.74. The minimum Gasteiger partial charge on any atom is -0.391 e. The van der Waals surface area contributed by atoms with Gasteiger partial charge in [0.1, 0.15) is 0 Å². The van der Waals surface area contributed by atoms with Crippen LogP contribution in [0.4, 0.5) is 0 Å². The van der Waals surface area contributed by atoms with E-state index >= 15 is 0 Å². The monoisotopic (exact) mass is 284 g/mol. The summed E-state index contributed by atoms with van der Waals surface area (Å²) in [5.74, 6) is 0.781. The van der Waals surface area contributed by atoms with E-state index in [9.17, 15) is 5.11 Å². The van der Waals surface area contributed by atoms with Crippen molar-refractivity contribution in [2.24, 2.45) is 5.92 Å². The van der Waals surface area contributed by atoms with Gasteiger partial charge in [-0.2, -0.15) is 0 Å². The first-order valence-corrected chi connectivity index (χ1v) is 8.45. The molecule has 0 spiro atoms. The molecule has 0 aromatic rings. The first-order chi connectivity index (χ1) is 9.81. The largest absolute Gasteiger partial charge is 0.391 e. The number of nitrogens with one attached hydrogen (secondary N) is 2. The third-order valence-corrected chi connectivity index (χ3v) is 4.93. The Morgan fingerprint density at radius 2 is 2.00 bits per heavy atom. The van der Waals surface area contributed by atoms with Gasteiger partial charge in [-0.25, -0.2) is 0 Å². The van der Waals surface area contributed by atoms with E-state index in [0.29, 0.717) is 18.7 Å². The SMILES string of the molecule is COCC(O)CCNC1CCCCC1C1CCCCN1. The van der Waals surface area contributed by atoms with Crippen molar-refractivity contribution in [3.05, 3.63) is 0 Å². The molecule has 2 fully saturated rings. The van der Waals surface area contributed by atoms with E-state index in [4.69, 9.17) is 4.74 Å². The lowest BCUT2D eigenvalue weighted by Gasteiger charge is -2.40. The van der Waals surface area contributed by atoms with E-state index in [0.717, 1.165) is 18.9 Å². The second-order valence-corrected chi connectivity index (χ2v) is 6.46. The van der Waals surface area contributed by atoms with Crippen molar-refractivity contribution < 1.29 is 9.84 Å². The molecule has 4 unspecified atom stereocenters. The molecule has 20 heavy (non-hydrogen) atoms. The van der Waals surface area contributed by atoms with Gasteiger partial charge in [0.15, 0.2) is 0 Å². The maximum absolute atomic E-state index is 9.72. The number of hydrogen-bond donors (Lipinski definition) is 3. The average molecular weight is 284 g/mol. The number of ether oxygens (including phenoxy) is 1. The molecule has 0 bridgehead atoms. The zero-order chi connectivity index (χ0) is 14.2. The fourth-order valence-corrected chi connectivity index (χ4v) is 3.85. The van der Waals surface area contributed by atoms with Gasteiger partial charge in [0, 0.05) is 19.2 Å². The molecule has 1 saturated carbocycles. The zero-order valence-corrected chi connectivity index (χ0v) is 12.9. The second kappa shape index (κ2) is 8.98. The summed E-state index contributed by atoms with van der Waals surface area (Å²) in [6, 6.07) is 1.35. The van der Waals surface area contributed by atoms with Crippen LogP contribution >= 0.6 is 0 Å². The van der Waals surface area contributed by atoms with Crippen LogP contribution in [-0.4, -0.2) is 50.1 Å². The molecule has 3 N–H and O–H groups in total. The highest BCUT2D eigenvalue weighted by Crippen LogP contribution is 2.30. The molecule has 0 aromatic heterocycles. The summed E-state index contributed by atoms with van der Waals surface area (Å²) in [5, 5.41) is 17.1. The Bertz CT molecular complexity index is 257. The van der Waals surface area contributed by atoms with Crippen LogP contribution in [0.3, 0.4) is 0 Å². The van der Waals surface area contributed by atoms with Crippen molar-refractivity contribution >= 4 is 0 Å². The quantitative estimate of drug-likeness (QED) is 0.666. The smallest absolute Gasteiger partial charge is 0.0785 e. The Labute approximate surface area is 123 Å². The van der Waals surface area contributed by atoms with E-state index in [-0.39, 0.29) is 6.10 Å². The average Bonchev–Trinajstić information content (AvgIpc) is 2.49. The maximum atomic E-state index is 9.72. The second-order valence-electron chi connectivity index (χ2n) is 6.46. The third-order valence-electron chi connectivity index (χ3n) is 4.93. The predicted molar refractivity (Wildman–Crippen MR) is 81.9 cm³/mol. The molecular weight excluding hydrogens is 252 g/mol. The molecule has 1 aliphatic heterocycles. The van der Waals surface area contributed by atoms with E-state index in [1.54, 1.807) is 7.11 Å². The summed E-state index contributed by atoms with van der Waals surface area (Å²) in [7, 11) is 1.64. The number of piperidine rings is 1. The number of rotatable bonds is 7. The maximum Gasteiger partial charge on any atom is 0.0785 e. The van der Waals surface area contributed by atoms with Gasteiger partial charge in [0.25, 0.3) is 0 Å². The normalized spacial score (nSPS) is 33.0. The van der Waals surface area contributed by atoms with Crippen LogP contribution in [0.15, 0.2) is 0 Å². The van der Waals surface area contributed by atoms with Crippen LogP contribution in [0.25, 0.3) is 0 Å². The first kappa shape index (κ1) is 16.2. The van der Waals surface area contributed by atoms with Gasteiger partial charge in [0.2, 0.25) is 0 Å². The lowest BCUT2D eigenvalue weighted by atomic mass is 9.77. The molecule has 1 saturated heterocycles. The van der Waals surface area contributed by atoms with Crippen molar-refractivity contribution in [2.75, 3.05) is 26.8 Å². The highest BCUT2D eigenvalue weighted by Gasteiger charge is 2.32. The summed E-state index contributed by atoms with van der Waals surface area (Å²) in [6.45, 7) is 2.54. The molecule has 4 heteroatoms. The predicted octanol–water partition coefficient (Wildman–Crippen LogP) is 1.67. The van der Waals surface area contributed by atoms with Crippen molar-refractivity contribution in [3.63, 3.8) is 0 Å². The summed E-state index contributed by atoms with van der Waals surface area (Å²) in [6.07, 6.45) is 9.90. The Morgan fingerprint density at radius 1 is 1.20 bits per heavy atom. The number of hydrogen-bond acceptors (Lipinski definition) is 4. The Hall–Kier alpha value is -0.160. The summed E-state index contributed by atoms with van der Waals surface area (Å²) >= 11 is 0. The summed E-state index contributed by atoms with van der Waals surface area (Å²) < 4.78 is 4.97. The van der Waals surface area contributed by atoms with Crippen molar-refractivity contribution in [2.45, 2.75) is 69.6 Å². The highest BCUT2D eigenvalue weighted by atomic mass is 16.5. The molecular formula is C16H32N2O2. The van der Waals surface area contributed by atoms with Crippen molar-refractivity contribution in [3.8, 4) is 0 Å². The van der Waals surface area contributed by atoms with Crippen LogP contribution in [0.1, 0.15) is 51.4 Å². The molecule has 0 aromatic carbocycles. The van der Waals surface area contributed by atoms with E-state index in [2.05, 4.69) is 10.6 Å². The van der Waals surface area contributed by atoms with Gasteiger partial charge in [-0.15, -0.1) is 0 Å². The number of aliphatic hydroxyl groups is 1. The molecule has 0 radical (unpaired) electrons. The highest BCUT2D eigenvalue weighted by molar-refractivity contribution is 4.90. The van der Waals surface area contributed by atoms with Gasteiger partial charge in [0.05, 0.1) is 12.7 Å². The third kappa shape index (κ3) is 4.99. The van der Waals surface area contributed by atoms with E-state index in [1.165, 1.54) is 51.5 Å². The van der Waals surface area contributed by atoms with Crippen LogP contribution < -0.4 is 10.6 Å². The molecule has 2 aliphatic rings. The molecule has 4 nitrogen and oxygen atoms in total. The lowest BCUT2D eigenvalue weighted by Crippen LogP contribution is -2.50. The topological polar surface area (TPSA) is 53.5 Å². The van der Waals surface area contributed by atoms with Gasteiger partial charge in [-0.1, -0.05) is 19.3 Å². The summed E-state index contributed by atoms with van der Waals surface area (Å²) in [4.78, 5) is 0.